The number of pyridine rings is 1. The first-order chi connectivity index (χ1) is 10.1. The van der Waals surface area contributed by atoms with Gasteiger partial charge in [0.1, 0.15) is 0 Å². The van der Waals surface area contributed by atoms with Gasteiger partial charge < -0.3 is 0 Å². The number of fused-ring (bicyclic) bond motifs is 1. The fourth-order valence-electron chi connectivity index (χ4n) is 1.91. The molecule has 0 unspecified atom stereocenters. The molecule has 1 aromatic heterocycles. The Morgan fingerprint density at radius 3 is 2.05 bits per heavy atom. The van der Waals surface area contributed by atoms with Gasteiger partial charge in [-0.05, 0) is 22.9 Å². The van der Waals surface area contributed by atoms with Gasteiger partial charge in [-0.1, -0.05) is 42.1 Å². The SMILES string of the molecule is Fc1nc(F)c(F)c(Sc2ccc3ccccc3c2)c1F. The molecule has 0 fully saturated rings. The average molecular weight is 309 g/mol. The Balaban J connectivity index is 2.06. The Morgan fingerprint density at radius 1 is 0.762 bits per heavy atom. The van der Waals surface area contributed by atoms with Crippen LogP contribution in [0.1, 0.15) is 0 Å². The molecule has 3 aromatic rings. The molecule has 3 rings (SSSR count). The highest BCUT2D eigenvalue weighted by molar-refractivity contribution is 7.99. The normalized spacial score (nSPS) is 11.0. The summed E-state index contributed by atoms with van der Waals surface area (Å²) in [4.78, 5) is 2.26. The minimum Gasteiger partial charge on any atom is -0.201 e. The third-order valence-electron chi connectivity index (χ3n) is 2.90. The Labute approximate surface area is 121 Å². The van der Waals surface area contributed by atoms with Gasteiger partial charge in [-0.25, -0.2) is 8.78 Å². The molecule has 0 aliphatic rings. The van der Waals surface area contributed by atoms with E-state index in [1.54, 1.807) is 18.2 Å². The highest BCUT2D eigenvalue weighted by Crippen LogP contribution is 2.34. The van der Waals surface area contributed by atoms with E-state index in [-0.39, 0.29) is 0 Å². The van der Waals surface area contributed by atoms with Crippen molar-refractivity contribution in [2.24, 2.45) is 0 Å². The first kappa shape index (κ1) is 13.9. The van der Waals surface area contributed by atoms with Crippen LogP contribution in [0.25, 0.3) is 10.8 Å². The minimum absolute atomic E-state index is 0.469. The molecule has 0 atom stereocenters. The van der Waals surface area contributed by atoms with Crippen molar-refractivity contribution in [3.63, 3.8) is 0 Å². The van der Waals surface area contributed by atoms with E-state index in [2.05, 4.69) is 4.98 Å². The highest BCUT2D eigenvalue weighted by atomic mass is 32.2. The van der Waals surface area contributed by atoms with Crippen molar-refractivity contribution in [2.45, 2.75) is 9.79 Å². The number of halogens is 4. The highest BCUT2D eigenvalue weighted by Gasteiger charge is 2.21. The number of hydrogen-bond acceptors (Lipinski definition) is 2. The number of hydrogen-bond donors (Lipinski definition) is 0. The van der Waals surface area contributed by atoms with E-state index in [9.17, 15) is 17.6 Å². The van der Waals surface area contributed by atoms with Crippen LogP contribution in [0.5, 0.6) is 0 Å². The number of benzene rings is 2. The van der Waals surface area contributed by atoms with Crippen molar-refractivity contribution in [1.82, 2.24) is 4.98 Å². The lowest BCUT2D eigenvalue weighted by molar-refractivity contribution is 0.383. The van der Waals surface area contributed by atoms with Crippen LogP contribution in [0.3, 0.4) is 0 Å². The Kier molecular flexibility index (Phi) is 3.55. The summed E-state index contributed by atoms with van der Waals surface area (Å²) in [6.45, 7) is 0. The molecule has 0 saturated carbocycles. The predicted molar refractivity (Wildman–Crippen MR) is 72.1 cm³/mol. The van der Waals surface area contributed by atoms with E-state index in [0.29, 0.717) is 16.7 Å². The van der Waals surface area contributed by atoms with Crippen molar-refractivity contribution < 1.29 is 17.6 Å². The predicted octanol–water partition coefficient (Wildman–Crippen LogP) is 4.94. The quantitative estimate of drug-likeness (QED) is 0.491. The lowest BCUT2D eigenvalue weighted by Crippen LogP contribution is -2.01. The Bertz CT molecular complexity index is 809. The molecule has 0 amide bonds. The fraction of sp³-hybridized carbons (Fsp3) is 0. The van der Waals surface area contributed by atoms with Crippen LogP contribution in [-0.4, -0.2) is 4.98 Å². The van der Waals surface area contributed by atoms with Gasteiger partial charge in [0.25, 0.3) is 11.9 Å². The first-order valence-corrected chi connectivity index (χ1v) is 6.74. The van der Waals surface area contributed by atoms with Crippen molar-refractivity contribution in [3.8, 4) is 0 Å². The fourth-order valence-corrected chi connectivity index (χ4v) is 2.81. The lowest BCUT2D eigenvalue weighted by Gasteiger charge is -2.07. The molecule has 0 saturated heterocycles. The van der Waals surface area contributed by atoms with Crippen molar-refractivity contribution in [3.05, 3.63) is 66.0 Å². The molecule has 21 heavy (non-hydrogen) atoms. The van der Waals surface area contributed by atoms with Gasteiger partial charge in [0.15, 0.2) is 11.6 Å². The molecule has 1 nitrogen and oxygen atoms in total. The van der Waals surface area contributed by atoms with E-state index in [0.717, 1.165) is 10.8 Å². The summed E-state index contributed by atoms with van der Waals surface area (Å²) in [5, 5.41) is 1.81. The maximum atomic E-state index is 13.6. The molecule has 0 spiro atoms. The van der Waals surface area contributed by atoms with Gasteiger partial charge in [-0.3, -0.25) is 0 Å². The topological polar surface area (TPSA) is 12.9 Å². The van der Waals surface area contributed by atoms with Gasteiger partial charge in [-0.15, -0.1) is 0 Å². The minimum atomic E-state index is -1.66. The van der Waals surface area contributed by atoms with Crippen LogP contribution >= 0.6 is 11.8 Å². The molecule has 1 heterocycles. The van der Waals surface area contributed by atoms with E-state index in [1.165, 1.54) is 0 Å². The van der Waals surface area contributed by atoms with Gasteiger partial charge in [0.2, 0.25) is 0 Å². The summed E-state index contributed by atoms with van der Waals surface area (Å²) in [6.07, 6.45) is 0. The second kappa shape index (κ2) is 5.37. The van der Waals surface area contributed by atoms with Crippen LogP contribution in [0, 0.1) is 23.5 Å². The molecule has 106 valence electrons. The van der Waals surface area contributed by atoms with Crippen LogP contribution in [0.4, 0.5) is 17.6 Å². The average Bonchev–Trinajstić information content (AvgIpc) is 2.49. The summed E-state index contributed by atoms with van der Waals surface area (Å²) in [6, 6.07) is 12.5. The third kappa shape index (κ3) is 2.58. The van der Waals surface area contributed by atoms with Crippen LogP contribution in [0.2, 0.25) is 0 Å². The maximum Gasteiger partial charge on any atom is 0.252 e. The monoisotopic (exact) mass is 309 g/mol. The summed E-state index contributed by atoms with van der Waals surface area (Å²) in [5.41, 5.74) is 0. The largest absolute Gasteiger partial charge is 0.252 e. The molecule has 0 aliphatic carbocycles. The Hall–Kier alpha value is -2.08. The van der Waals surface area contributed by atoms with Crippen molar-refractivity contribution in [1.29, 1.82) is 0 Å². The first-order valence-electron chi connectivity index (χ1n) is 5.93. The maximum absolute atomic E-state index is 13.6. The molecule has 0 radical (unpaired) electrons. The Morgan fingerprint density at radius 2 is 1.38 bits per heavy atom. The number of aromatic nitrogens is 1. The summed E-state index contributed by atoms with van der Waals surface area (Å²) in [5.74, 6) is -6.30. The molecule has 6 heteroatoms. The van der Waals surface area contributed by atoms with E-state index >= 15 is 0 Å². The lowest BCUT2D eigenvalue weighted by atomic mass is 10.1. The van der Waals surface area contributed by atoms with Crippen LogP contribution in [0.15, 0.2) is 52.3 Å². The second-order valence-corrected chi connectivity index (χ2v) is 5.35. The summed E-state index contributed by atoms with van der Waals surface area (Å²) >= 11 is 0.614. The molecule has 0 aliphatic heterocycles. The molecule has 0 N–H and O–H groups in total. The third-order valence-corrected chi connectivity index (χ3v) is 3.95. The van der Waals surface area contributed by atoms with Crippen LogP contribution < -0.4 is 0 Å². The van der Waals surface area contributed by atoms with Crippen molar-refractivity contribution >= 4 is 22.5 Å². The number of nitrogens with zero attached hydrogens (tertiary/aromatic N) is 1. The van der Waals surface area contributed by atoms with Crippen molar-refractivity contribution in [2.75, 3.05) is 0 Å². The molecule has 0 bridgehead atoms. The zero-order valence-electron chi connectivity index (χ0n) is 10.4. The van der Waals surface area contributed by atoms with Gasteiger partial charge in [-0.2, -0.15) is 13.8 Å². The second-order valence-electron chi connectivity index (χ2n) is 4.26. The van der Waals surface area contributed by atoms with E-state index in [1.807, 2.05) is 24.3 Å². The number of rotatable bonds is 2. The smallest absolute Gasteiger partial charge is 0.201 e. The molecular weight excluding hydrogens is 302 g/mol. The van der Waals surface area contributed by atoms with Gasteiger partial charge in [0, 0.05) is 4.90 Å². The zero-order chi connectivity index (χ0) is 15.0. The zero-order valence-corrected chi connectivity index (χ0v) is 11.2. The molecule has 2 aromatic carbocycles. The standard InChI is InChI=1S/C15H7F4NS/c16-11-13(12(17)15(19)20-14(11)18)21-10-6-5-8-3-1-2-4-9(8)7-10/h1-7H. The van der Waals surface area contributed by atoms with E-state index < -0.39 is 28.4 Å². The van der Waals surface area contributed by atoms with Gasteiger partial charge >= 0.3 is 0 Å². The van der Waals surface area contributed by atoms with Gasteiger partial charge in [0.05, 0.1) is 4.90 Å². The van der Waals surface area contributed by atoms with Crippen LogP contribution in [-0.2, 0) is 0 Å². The molecular formula is C15H7F4NS. The summed E-state index contributed by atoms with van der Waals surface area (Å²) < 4.78 is 53.3. The summed E-state index contributed by atoms with van der Waals surface area (Å²) in [7, 11) is 0. The van der Waals surface area contributed by atoms with E-state index in [4.69, 9.17) is 0 Å².